The Hall–Kier alpha value is -3.57. The van der Waals surface area contributed by atoms with Crippen molar-refractivity contribution in [3.05, 3.63) is 95.1 Å². The first-order chi connectivity index (χ1) is 14.0. The molecule has 0 saturated heterocycles. The molecule has 0 atom stereocenters. The van der Waals surface area contributed by atoms with Gasteiger partial charge in [0.15, 0.2) is 0 Å². The molecule has 0 aliphatic carbocycles. The molecule has 4 rings (SSSR count). The van der Waals surface area contributed by atoms with E-state index in [4.69, 9.17) is 16.7 Å². The van der Waals surface area contributed by atoms with Gasteiger partial charge in [-0.2, -0.15) is 5.10 Å². The molecule has 0 radical (unpaired) electrons. The normalized spacial score (nSPS) is 10.7. The lowest BCUT2D eigenvalue weighted by Gasteiger charge is -2.09. The molecule has 144 valence electrons. The lowest BCUT2D eigenvalue weighted by Crippen LogP contribution is -2.14. The minimum atomic E-state index is -0.374. The van der Waals surface area contributed by atoms with Crippen LogP contribution < -0.4 is 5.32 Å². The van der Waals surface area contributed by atoms with Crippen LogP contribution in [0.15, 0.2) is 78.9 Å². The zero-order valence-corrected chi connectivity index (χ0v) is 16.4. The number of phenolic OH excluding ortho intramolecular Hbond substituents is 1. The summed E-state index contributed by atoms with van der Waals surface area (Å²) in [6, 6.07) is 23.7. The summed E-state index contributed by atoms with van der Waals surface area (Å²) < 4.78 is 1.75. The molecular formula is C23H18ClN3O2. The number of halogens is 1. The summed E-state index contributed by atoms with van der Waals surface area (Å²) >= 11 is 6.01. The van der Waals surface area contributed by atoms with E-state index in [-0.39, 0.29) is 17.3 Å². The van der Waals surface area contributed by atoms with Crippen LogP contribution in [0.1, 0.15) is 16.1 Å². The molecule has 4 aromatic rings. The van der Waals surface area contributed by atoms with E-state index in [1.807, 2.05) is 67.6 Å². The molecule has 0 spiro atoms. The molecule has 0 fully saturated rings. The lowest BCUT2D eigenvalue weighted by molar-refractivity contribution is 0.102. The molecule has 6 heteroatoms. The molecule has 5 nitrogen and oxygen atoms in total. The van der Waals surface area contributed by atoms with Crippen molar-refractivity contribution in [1.29, 1.82) is 0 Å². The number of phenols is 1. The van der Waals surface area contributed by atoms with E-state index < -0.39 is 0 Å². The van der Waals surface area contributed by atoms with Crippen LogP contribution in [0, 0.1) is 6.92 Å². The fourth-order valence-electron chi connectivity index (χ4n) is 3.19. The van der Waals surface area contributed by atoms with Crippen LogP contribution >= 0.6 is 11.6 Å². The molecule has 3 aromatic carbocycles. The second-order valence-electron chi connectivity index (χ2n) is 6.54. The van der Waals surface area contributed by atoms with Gasteiger partial charge in [0.25, 0.3) is 5.91 Å². The minimum absolute atomic E-state index is 0.0582. The number of carbonyl (C=O) groups is 1. The van der Waals surface area contributed by atoms with Gasteiger partial charge in [-0.25, -0.2) is 4.68 Å². The number of nitrogens with one attached hydrogen (secondary N) is 1. The summed E-state index contributed by atoms with van der Waals surface area (Å²) in [5, 5.41) is 18.0. The molecular weight excluding hydrogens is 386 g/mol. The van der Waals surface area contributed by atoms with Crippen LogP contribution in [0.4, 0.5) is 5.69 Å². The van der Waals surface area contributed by atoms with Crippen LogP contribution in [-0.4, -0.2) is 20.8 Å². The van der Waals surface area contributed by atoms with Crippen LogP contribution in [0.5, 0.6) is 5.75 Å². The Labute approximate surface area is 173 Å². The smallest absolute Gasteiger partial charge is 0.259 e. The number of anilines is 1. The van der Waals surface area contributed by atoms with Gasteiger partial charge >= 0.3 is 0 Å². The molecule has 0 unspecified atom stereocenters. The zero-order chi connectivity index (χ0) is 20.4. The van der Waals surface area contributed by atoms with Crippen molar-refractivity contribution >= 4 is 23.2 Å². The SMILES string of the molecule is Cc1c(C(=O)Nc2cc(Cl)ccc2O)c(-c2ccccc2)nn1-c1ccccc1. The van der Waals surface area contributed by atoms with E-state index in [1.54, 1.807) is 10.7 Å². The van der Waals surface area contributed by atoms with Crippen molar-refractivity contribution in [2.24, 2.45) is 0 Å². The summed E-state index contributed by atoms with van der Waals surface area (Å²) in [5.74, 6) is -0.432. The number of carbonyl (C=O) groups excluding carboxylic acids is 1. The fourth-order valence-corrected chi connectivity index (χ4v) is 3.36. The standard InChI is InChI=1S/C23H18ClN3O2/c1-15-21(23(29)25-19-14-17(24)12-13-20(19)28)22(16-8-4-2-5-9-16)26-27(15)18-10-6-3-7-11-18/h2-14,28H,1H3,(H,25,29). The van der Waals surface area contributed by atoms with Gasteiger partial charge in [-0.3, -0.25) is 4.79 Å². The fraction of sp³-hybridized carbons (Fsp3) is 0.0435. The molecule has 0 saturated carbocycles. The third-order valence-corrected chi connectivity index (χ3v) is 4.83. The highest BCUT2D eigenvalue weighted by Crippen LogP contribution is 2.31. The summed E-state index contributed by atoms with van der Waals surface area (Å²) in [6.07, 6.45) is 0. The predicted octanol–water partition coefficient (Wildman–Crippen LogP) is 5.46. The first-order valence-electron chi connectivity index (χ1n) is 9.05. The van der Waals surface area contributed by atoms with Gasteiger partial charge in [-0.15, -0.1) is 0 Å². The average Bonchev–Trinajstić information content (AvgIpc) is 3.09. The van der Waals surface area contributed by atoms with Crippen molar-refractivity contribution in [2.45, 2.75) is 6.92 Å². The van der Waals surface area contributed by atoms with Crippen LogP contribution in [0.3, 0.4) is 0 Å². The van der Waals surface area contributed by atoms with Gasteiger partial charge in [-0.05, 0) is 37.3 Å². The number of amides is 1. The van der Waals surface area contributed by atoms with E-state index >= 15 is 0 Å². The molecule has 2 N–H and O–H groups in total. The quantitative estimate of drug-likeness (QED) is 0.444. The molecule has 1 aromatic heterocycles. The summed E-state index contributed by atoms with van der Waals surface area (Å²) in [5.41, 5.74) is 3.60. The number of para-hydroxylation sites is 1. The Morgan fingerprint density at radius 1 is 1.00 bits per heavy atom. The largest absolute Gasteiger partial charge is 0.506 e. The van der Waals surface area contributed by atoms with Crippen molar-refractivity contribution in [3.63, 3.8) is 0 Å². The summed E-state index contributed by atoms with van der Waals surface area (Å²) in [6.45, 7) is 1.85. The first-order valence-corrected chi connectivity index (χ1v) is 9.42. The van der Waals surface area contributed by atoms with Crippen molar-refractivity contribution in [3.8, 4) is 22.7 Å². The van der Waals surface area contributed by atoms with Crippen molar-refractivity contribution < 1.29 is 9.90 Å². The monoisotopic (exact) mass is 403 g/mol. The first kappa shape index (κ1) is 18.8. The van der Waals surface area contributed by atoms with Crippen LogP contribution in [0.25, 0.3) is 16.9 Å². The van der Waals surface area contributed by atoms with Gasteiger partial charge in [-0.1, -0.05) is 60.1 Å². The third kappa shape index (κ3) is 3.73. The van der Waals surface area contributed by atoms with Gasteiger partial charge in [0.1, 0.15) is 11.4 Å². The van der Waals surface area contributed by atoms with E-state index in [2.05, 4.69) is 5.32 Å². The highest BCUT2D eigenvalue weighted by molar-refractivity contribution is 6.31. The molecule has 0 bridgehead atoms. The average molecular weight is 404 g/mol. The summed E-state index contributed by atoms with van der Waals surface area (Å²) in [7, 11) is 0. The predicted molar refractivity (Wildman–Crippen MR) is 115 cm³/mol. The molecule has 29 heavy (non-hydrogen) atoms. The highest BCUT2D eigenvalue weighted by atomic mass is 35.5. The minimum Gasteiger partial charge on any atom is -0.506 e. The van der Waals surface area contributed by atoms with Gasteiger partial charge in [0, 0.05) is 10.6 Å². The molecule has 1 amide bonds. The lowest BCUT2D eigenvalue weighted by atomic mass is 10.1. The number of rotatable bonds is 4. The van der Waals surface area contributed by atoms with Gasteiger partial charge in [0.2, 0.25) is 0 Å². The second-order valence-corrected chi connectivity index (χ2v) is 6.97. The maximum absolute atomic E-state index is 13.2. The zero-order valence-electron chi connectivity index (χ0n) is 15.6. The number of nitrogens with zero attached hydrogens (tertiary/aromatic N) is 2. The third-order valence-electron chi connectivity index (χ3n) is 4.60. The van der Waals surface area contributed by atoms with Crippen LogP contribution in [0.2, 0.25) is 5.02 Å². The number of aromatic nitrogens is 2. The Morgan fingerprint density at radius 3 is 2.34 bits per heavy atom. The van der Waals surface area contributed by atoms with Crippen molar-refractivity contribution in [2.75, 3.05) is 5.32 Å². The molecule has 0 aliphatic heterocycles. The van der Waals surface area contributed by atoms with Crippen molar-refractivity contribution in [1.82, 2.24) is 9.78 Å². The highest BCUT2D eigenvalue weighted by Gasteiger charge is 2.23. The van der Waals surface area contributed by atoms with Crippen LogP contribution in [-0.2, 0) is 0 Å². The van der Waals surface area contributed by atoms with Gasteiger partial charge < -0.3 is 10.4 Å². The Morgan fingerprint density at radius 2 is 1.66 bits per heavy atom. The maximum Gasteiger partial charge on any atom is 0.259 e. The van der Waals surface area contributed by atoms with Gasteiger partial charge in [0.05, 0.1) is 22.6 Å². The molecule has 1 heterocycles. The summed E-state index contributed by atoms with van der Waals surface area (Å²) in [4.78, 5) is 13.2. The Bertz CT molecular complexity index is 1170. The topological polar surface area (TPSA) is 67.2 Å². The Kier molecular flexibility index (Phi) is 5.06. The maximum atomic E-state index is 13.2. The second kappa shape index (κ2) is 7.81. The van der Waals surface area contributed by atoms with E-state index in [1.165, 1.54) is 12.1 Å². The van der Waals surface area contributed by atoms with E-state index in [9.17, 15) is 9.90 Å². The number of benzene rings is 3. The number of aromatic hydroxyl groups is 1. The Balaban J connectivity index is 1.84. The van der Waals surface area contributed by atoms with E-state index in [0.717, 1.165) is 11.3 Å². The molecule has 0 aliphatic rings. The number of hydrogen-bond acceptors (Lipinski definition) is 3. The number of hydrogen-bond donors (Lipinski definition) is 2. The van der Waals surface area contributed by atoms with E-state index in [0.29, 0.717) is 22.0 Å².